The Labute approximate surface area is 71.8 Å². The highest BCUT2D eigenvalue weighted by atomic mass is 15.4. The number of aromatic nitrogens is 3. The van der Waals surface area contributed by atoms with E-state index < -0.39 is 0 Å². The third-order valence-corrected chi connectivity index (χ3v) is 2.52. The molecule has 1 unspecified atom stereocenters. The first kappa shape index (κ1) is 7.73. The zero-order chi connectivity index (χ0) is 8.39. The van der Waals surface area contributed by atoms with Crippen LogP contribution in [0.1, 0.15) is 18.5 Å². The standard InChI is InChI=1S/C8H14N4/c9-3-1-7-2-4-12-8(5-7)6-10-11-12/h6-7H,1-5,9H2. The second-order valence-corrected chi connectivity index (χ2v) is 3.38. The number of rotatable bonds is 2. The highest BCUT2D eigenvalue weighted by Gasteiger charge is 2.18. The predicted molar refractivity (Wildman–Crippen MR) is 45.5 cm³/mol. The lowest BCUT2D eigenvalue weighted by atomic mass is 9.93. The molecule has 2 heterocycles. The van der Waals surface area contributed by atoms with Crippen LogP contribution in [0.25, 0.3) is 0 Å². The lowest BCUT2D eigenvalue weighted by Gasteiger charge is -2.21. The molecule has 1 aromatic rings. The van der Waals surface area contributed by atoms with Gasteiger partial charge < -0.3 is 5.73 Å². The average Bonchev–Trinajstić information content (AvgIpc) is 2.51. The Morgan fingerprint density at radius 1 is 1.67 bits per heavy atom. The second-order valence-electron chi connectivity index (χ2n) is 3.38. The fraction of sp³-hybridized carbons (Fsp3) is 0.750. The van der Waals surface area contributed by atoms with Crippen molar-refractivity contribution >= 4 is 0 Å². The van der Waals surface area contributed by atoms with E-state index in [1.807, 2.05) is 10.9 Å². The molecule has 1 aromatic heterocycles. The van der Waals surface area contributed by atoms with Gasteiger partial charge in [-0.15, -0.1) is 5.10 Å². The monoisotopic (exact) mass is 166 g/mol. The Morgan fingerprint density at radius 2 is 2.58 bits per heavy atom. The minimum atomic E-state index is 0.751. The SMILES string of the molecule is NCCC1CCn2nncc2C1. The summed E-state index contributed by atoms with van der Waals surface area (Å²) in [5.74, 6) is 0.751. The molecule has 0 radical (unpaired) electrons. The first-order chi connectivity index (χ1) is 5.90. The summed E-state index contributed by atoms with van der Waals surface area (Å²) in [6.07, 6.45) is 5.30. The molecule has 1 aliphatic rings. The summed E-state index contributed by atoms with van der Waals surface area (Å²) in [6.45, 7) is 1.81. The van der Waals surface area contributed by atoms with Gasteiger partial charge in [0, 0.05) is 6.54 Å². The van der Waals surface area contributed by atoms with Crippen LogP contribution in [-0.2, 0) is 13.0 Å². The highest BCUT2D eigenvalue weighted by Crippen LogP contribution is 2.20. The Bertz CT molecular complexity index is 255. The van der Waals surface area contributed by atoms with Crippen LogP contribution in [0, 0.1) is 5.92 Å². The number of nitrogens with two attached hydrogens (primary N) is 1. The molecular formula is C8H14N4. The number of hydrogen-bond donors (Lipinski definition) is 1. The maximum atomic E-state index is 5.52. The fourth-order valence-electron chi connectivity index (χ4n) is 1.81. The molecule has 0 aromatic carbocycles. The molecule has 66 valence electrons. The molecule has 12 heavy (non-hydrogen) atoms. The lowest BCUT2D eigenvalue weighted by Crippen LogP contribution is -2.21. The molecule has 4 nitrogen and oxygen atoms in total. The van der Waals surface area contributed by atoms with Crippen molar-refractivity contribution in [2.75, 3.05) is 6.54 Å². The van der Waals surface area contributed by atoms with Gasteiger partial charge in [0.25, 0.3) is 0 Å². The van der Waals surface area contributed by atoms with Crippen molar-refractivity contribution in [3.05, 3.63) is 11.9 Å². The molecule has 1 aliphatic heterocycles. The molecule has 2 N–H and O–H groups in total. The molecule has 0 bridgehead atoms. The van der Waals surface area contributed by atoms with Crippen molar-refractivity contribution in [3.63, 3.8) is 0 Å². The van der Waals surface area contributed by atoms with Crippen molar-refractivity contribution in [2.45, 2.75) is 25.8 Å². The normalized spacial score (nSPS) is 22.2. The Hall–Kier alpha value is -0.900. The van der Waals surface area contributed by atoms with E-state index in [2.05, 4.69) is 10.3 Å². The van der Waals surface area contributed by atoms with Crippen LogP contribution < -0.4 is 5.73 Å². The van der Waals surface area contributed by atoms with Crippen molar-refractivity contribution < 1.29 is 0 Å². The maximum absolute atomic E-state index is 5.52. The third-order valence-electron chi connectivity index (χ3n) is 2.52. The van der Waals surface area contributed by atoms with Crippen molar-refractivity contribution in [1.82, 2.24) is 15.0 Å². The first-order valence-electron chi connectivity index (χ1n) is 4.47. The van der Waals surface area contributed by atoms with Gasteiger partial charge in [0.15, 0.2) is 0 Å². The molecule has 0 spiro atoms. The topological polar surface area (TPSA) is 56.7 Å². The van der Waals surface area contributed by atoms with Crippen LogP contribution >= 0.6 is 0 Å². The number of aryl methyl sites for hydroxylation is 1. The molecule has 2 rings (SSSR count). The van der Waals surface area contributed by atoms with Gasteiger partial charge in [0.05, 0.1) is 11.9 Å². The van der Waals surface area contributed by atoms with Crippen LogP contribution in [-0.4, -0.2) is 21.5 Å². The third kappa shape index (κ3) is 1.34. The number of nitrogens with zero attached hydrogens (tertiary/aromatic N) is 3. The summed E-state index contributed by atoms with van der Waals surface area (Å²) in [5, 5.41) is 7.87. The Morgan fingerprint density at radius 3 is 3.42 bits per heavy atom. The van der Waals surface area contributed by atoms with E-state index >= 15 is 0 Å². The summed E-state index contributed by atoms with van der Waals surface area (Å²) in [6, 6.07) is 0. The fourth-order valence-corrected chi connectivity index (χ4v) is 1.81. The molecule has 0 saturated heterocycles. The van der Waals surface area contributed by atoms with Crippen LogP contribution in [0.3, 0.4) is 0 Å². The average molecular weight is 166 g/mol. The lowest BCUT2D eigenvalue weighted by molar-refractivity contribution is 0.350. The highest BCUT2D eigenvalue weighted by molar-refractivity contribution is 4.98. The Balaban J connectivity index is 2.05. The Kier molecular flexibility index (Phi) is 2.08. The van der Waals surface area contributed by atoms with E-state index in [0.29, 0.717) is 0 Å². The summed E-state index contributed by atoms with van der Waals surface area (Å²) in [7, 11) is 0. The van der Waals surface area contributed by atoms with Gasteiger partial charge in [-0.25, -0.2) is 4.68 Å². The quantitative estimate of drug-likeness (QED) is 0.682. The molecule has 0 aliphatic carbocycles. The predicted octanol–water partition coefficient (Wildman–Crippen LogP) is 0.189. The first-order valence-corrected chi connectivity index (χ1v) is 4.47. The van der Waals surface area contributed by atoms with E-state index in [4.69, 9.17) is 5.73 Å². The van der Waals surface area contributed by atoms with E-state index in [-0.39, 0.29) is 0 Å². The molecular weight excluding hydrogens is 152 g/mol. The van der Waals surface area contributed by atoms with E-state index in [1.165, 1.54) is 12.1 Å². The second kappa shape index (κ2) is 3.23. The van der Waals surface area contributed by atoms with Crippen LogP contribution in [0.5, 0.6) is 0 Å². The summed E-state index contributed by atoms with van der Waals surface area (Å²) in [4.78, 5) is 0. The molecule has 1 atom stereocenters. The van der Waals surface area contributed by atoms with Gasteiger partial charge in [0.1, 0.15) is 0 Å². The molecule has 4 heteroatoms. The molecule has 0 fully saturated rings. The minimum Gasteiger partial charge on any atom is -0.330 e. The van der Waals surface area contributed by atoms with Gasteiger partial charge in [-0.1, -0.05) is 5.21 Å². The smallest absolute Gasteiger partial charge is 0.0725 e. The maximum Gasteiger partial charge on any atom is 0.0725 e. The zero-order valence-electron chi connectivity index (χ0n) is 7.11. The number of fused-ring (bicyclic) bond motifs is 1. The van der Waals surface area contributed by atoms with Gasteiger partial charge in [-0.2, -0.15) is 0 Å². The van der Waals surface area contributed by atoms with E-state index in [1.54, 1.807) is 0 Å². The summed E-state index contributed by atoms with van der Waals surface area (Å²) in [5.41, 5.74) is 6.78. The van der Waals surface area contributed by atoms with Crippen LogP contribution in [0.4, 0.5) is 0 Å². The van der Waals surface area contributed by atoms with Gasteiger partial charge in [-0.05, 0) is 31.7 Å². The van der Waals surface area contributed by atoms with Crippen molar-refractivity contribution in [1.29, 1.82) is 0 Å². The minimum absolute atomic E-state index is 0.751. The largest absolute Gasteiger partial charge is 0.330 e. The van der Waals surface area contributed by atoms with Gasteiger partial charge >= 0.3 is 0 Å². The van der Waals surface area contributed by atoms with Gasteiger partial charge in [-0.3, -0.25) is 0 Å². The van der Waals surface area contributed by atoms with Gasteiger partial charge in [0.2, 0.25) is 0 Å². The summed E-state index contributed by atoms with van der Waals surface area (Å²) >= 11 is 0. The van der Waals surface area contributed by atoms with E-state index in [0.717, 1.165) is 31.8 Å². The zero-order valence-corrected chi connectivity index (χ0v) is 7.11. The molecule has 0 amide bonds. The number of hydrogen-bond acceptors (Lipinski definition) is 3. The van der Waals surface area contributed by atoms with Crippen molar-refractivity contribution in [2.24, 2.45) is 11.7 Å². The summed E-state index contributed by atoms with van der Waals surface area (Å²) < 4.78 is 1.99. The van der Waals surface area contributed by atoms with Crippen LogP contribution in [0.2, 0.25) is 0 Å². The molecule has 0 saturated carbocycles. The van der Waals surface area contributed by atoms with Crippen molar-refractivity contribution in [3.8, 4) is 0 Å². The van der Waals surface area contributed by atoms with Crippen LogP contribution in [0.15, 0.2) is 6.20 Å². The van der Waals surface area contributed by atoms with E-state index in [9.17, 15) is 0 Å².